The molecule has 29 heavy (non-hydrogen) atoms. The third kappa shape index (κ3) is 5.83. The minimum absolute atomic E-state index is 0.0795. The summed E-state index contributed by atoms with van der Waals surface area (Å²) in [6.45, 7) is 7.96. The number of likely N-dealkylation sites (tertiary alicyclic amines) is 1. The van der Waals surface area contributed by atoms with Gasteiger partial charge in [0.25, 0.3) is 11.8 Å². The molecule has 2 aromatic rings. The fraction of sp³-hybridized carbons (Fsp3) is 0.417. The molecule has 1 aliphatic heterocycles. The van der Waals surface area contributed by atoms with Crippen LogP contribution in [0.5, 0.6) is 5.75 Å². The Morgan fingerprint density at radius 3 is 2.38 bits per heavy atom. The third-order valence-electron chi connectivity index (χ3n) is 5.13. The second kappa shape index (κ2) is 9.59. The summed E-state index contributed by atoms with van der Waals surface area (Å²) in [7, 11) is 0. The third-order valence-corrected chi connectivity index (χ3v) is 5.13. The molecule has 1 atom stereocenters. The van der Waals surface area contributed by atoms with Crippen LogP contribution >= 0.6 is 0 Å². The Balaban J connectivity index is 1.52. The summed E-state index contributed by atoms with van der Waals surface area (Å²) >= 11 is 0. The number of hydrogen-bond donors (Lipinski definition) is 1. The molecule has 0 saturated carbocycles. The van der Waals surface area contributed by atoms with E-state index in [1.54, 1.807) is 12.1 Å². The Hall–Kier alpha value is -2.82. The van der Waals surface area contributed by atoms with Crippen LogP contribution in [0.25, 0.3) is 0 Å². The van der Waals surface area contributed by atoms with Crippen LogP contribution in [0.3, 0.4) is 0 Å². The largest absolute Gasteiger partial charge is 0.493 e. The summed E-state index contributed by atoms with van der Waals surface area (Å²) in [6, 6.07) is 15.1. The van der Waals surface area contributed by atoms with Gasteiger partial charge in [0.2, 0.25) is 0 Å². The van der Waals surface area contributed by atoms with Crippen LogP contribution in [0.1, 0.15) is 53.0 Å². The van der Waals surface area contributed by atoms with E-state index in [-0.39, 0.29) is 17.9 Å². The molecular weight excluding hydrogens is 364 g/mol. The molecule has 0 aliphatic carbocycles. The Bertz CT molecular complexity index is 828. The van der Waals surface area contributed by atoms with E-state index in [0.717, 1.165) is 36.3 Å². The monoisotopic (exact) mass is 394 g/mol. The first-order chi connectivity index (χ1) is 13.9. The standard InChI is InChI=1S/C24H30N2O3/c1-17(2)25-23(27)20-10-12-22(13-11-20)29-16-19-5-4-14-26(15-19)24(28)21-8-6-18(3)7-9-21/h6-13,17,19H,4-5,14-16H2,1-3H3,(H,25,27)/t19-/m0/s1. The number of nitrogens with one attached hydrogen (secondary N) is 1. The van der Waals surface area contributed by atoms with Crippen LogP contribution in [0, 0.1) is 12.8 Å². The highest BCUT2D eigenvalue weighted by Gasteiger charge is 2.25. The summed E-state index contributed by atoms with van der Waals surface area (Å²) in [4.78, 5) is 26.7. The van der Waals surface area contributed by atoms with Gasteiger partial charge in [-0.1, -0.05) is 17.7 Å². The van der Waals surface area contributed by atoms with Crippen molar-refractivity contribution < 1.29 is 14.3 Å². The van der Waals surface area contributed by atoms with Crippen molar-refractivity contribution in [2.75, 3.05) is 19.7 Å². The average molecular weight is 395 g/mol. The molecule has 154 valence electrons. The van der Waals surface area contributed by atoms with Crippen LogP contribution in [0.2, 0.25) is 0 Å². The van der Waals surface area contributed by atoms with E-state index in [2.05, 4.69) is 5.32 Å². The van der Waals surface area contributed by atoms with Gasteiger partial charge in [0.15, 0.2) is 0 Å². The molecule has 1 fully saturated rings. The van der Waals surface area contributed by atoms with Gasteiger partial charge in [0.05, 0.1) is 6.61 Å². The lowest BCUT2D eigenvalue weighted by Crippen LogP contribution is -2.41. The van der Waals surface area contributed by atoms with Crippen molar-refractivity contribution in [1.29, 1.82) is 0 Å². The highest BCUT2D eigenvalue weighted by atomic mass is 16.5. The lowest BCUT2D eigenvalue weighted by Gasteiger charge is -2.32. The van der Waals surface area contributed by atoms with Crippen molar-refractivity contribution in [3.05, 3.63) is 65.2 Å². The molecule has 1 heterocycles. The molecule has 2 amide bonds. The highest BCUT2D eigenvalue weighted by molar-refractivity contribution is 5.94. The Labute approximate surface area is 173 Å². The van der Waals surface area contributed by atoms with Crippen LogP contribution in [-0.2, 0) is 0 Å². The van der Waals surface area contributed by atoms with Gasteiger partial charge < -0.3 is 15.0 Å². The molecule has 1 saturated heterocycles. The van der Waals surface area contributed by atoms with Gasteiger partial charge in [-0.15, -0.1) is 0 Å². The predicted molar refractivity (Wildman–Crippen MR) is 114 cm³/mol. The average Bonchev–Trinajstić information content (AvgIpc) is 2.72. The van der Waals surface area contributed by atoms with Crippen LogP contribution in [0.4, 0.5) is 0 Å². The molecule has 5 heteroatoms. The highest BCUT2D eigenvalue weighted by Crippen LogP contribution is 2.21. The number of nitrogens with zero attached hydrogens (tertiary/aromatic N) is 1. The molecule has 0 radical (unpaired) electrons. The minimum Gasteiger partial charge on any atom is -0.493 e. The van der Waals surface area contributed by atoms with E-state index in [1.807, 2.05) is 62.1 Å². The SMILES string of the molecule is Cc1ccc(C(=O)N2CCC[C@H](COc3ccc(C(=O)NC(C)C)cc3)C2)cc1. The van der Waals surface area contributed by atoms with Crippen LogP contribution < -0.4 is 10.1 Å². The van der Waals surface area contributed by atoms with Crippen molar-refractivity contribution in [2.24, 2.45) is 5.92 Å². The summed E-state index contributed by atoms with van der Waals surface area (Å²) < 4.78 is 5.94. The maximum absolute atomic E-state index is 12.8. The lowest BCUT2D eigenvalue weighted by atomic mass is 9.98. The fourth-order valence-electron chi connectivity index (χ4n) is 3.53. The van der Waals surface area contributed by atoms with Crippen molar-refractivity contribution in [2.45, 2.75) is 39.7 Å². The van der Waals surface area contributed by atoms with Crippen molar-refractivity contribution in [3.8, 4) is 5.75 Å². The number of aryl methyl sites for hydroxylation is 1. The van der Waals surface area contributed by atoms with Gasteiger partial charge >= 0.3 is 0 Å². The van der Waals surface area contributed by atoms with E-state index < -0.39 is 0 Å². The topological polar surface area (TPSA) is 58.6 Å². The van der Waals surface area contributed by atoms with E-state index in [4.69, 9.17) is 4.74 Å². The summed E-state index contributed by atoms with van der Waals surface area (Å²) in [6.07, 6.45) is 2.03. The molecular formula is C24H30N2O3. The number of benzene rings is 2. The van der Waals surface area contributed by atoms with Crippen LogP contribution in [0.15, 0.2) is 48.5 Å². The zero-order chi connectivity index (χ0) is 20.8. The first kappa shape index (κ1) is 20.9. The van der Waals surface area contributed by atoms with E-state index in [0.29, 0.717) is 24.6 Å². The number of carbonyl (C=O) groups excluding carboxylic acids is 2. The Morgan fingerprint density at radius 2 is 1.72 bits per heavy atom. The van der Waals surface area contributed by atoms with Gasteiger partial charge in [0, 0.05) is 36.2 Å². The smallest absolute Gasteiger partial charge is 0.253 e. The predicted octanol–water partition coefficient (Wildman–Crippen LogP) is 4.06. The maximum Gasteiger partial charge on any atom is 0.253 e. The van der Waals surface area contributed by atoms with Gasteiger partial charge in [-0.2, -0.15) is 0 Å². The second-order valence-electron chi connectivity index (χ2n) is 8.09. The molecule has 0 spiro atoms. The van der Waals surface area contributed by atoms with Crippen molar-refractivity contribution in [1.82, 2.24) is 10.2 Å². The number of amides is 2. The van der Waals surface area contributed by atoms with Gasteiger partial charge in [-0.05, 0) is 70.0 Å². The fourth-order valence-corrected chi connectivity index (χ4v) is 3.53. The number of rotatable bonds is 6. The summed E-state index contributed by atoms with van der Waals surface area (Å²) in [5.41, 5.74) is 2.52. The second-order valence-corrected chi connectivity index (χ2v) is 8.09. The maximum atomic E-state index is 12.8. The Kier molecular flexibility index (Phi) is 6.91. The van der Waals surface area contributed by atoms with Crippen LogP contribution in [-0.4, -0.2) is 42.5 Å². The Morgan fingerprint density at radius 1 is 1.07 bits per heavy atom. The van der Waals surface area contributed by atoms with Gasteiger partial charge in [-0.25, -0.2) is 0 Å². The minimum atomic E-state index is -0.0795. The molecule has 5 nitrogen and oxygen atoms in total. The summed E-state index contributed by atoms with van der Waals surface area (Å²) in [5, 5.41) is 2.88. The molecule has 1 N–H and O–H groups in total. The lowest BCUT2D eigenvalue weighted by molar-refractivity contribution is 0.0633. The van der Waals surface area contributed by atoms with Crippen molar-refractivity contribution in [3.63, 3.8) is 0 Å². The first-order valence-electron chi connectivity index (χ1n) is 10.3. The van der Waals surface area contributed by atoms with E-state index in [9.17, 15) is 9.59 Å². The number of ether oxygens (including phenoxy) is 1. The van der Waals surface area contributed by atoms with Gasteiger partial charge in [0.1, 0.15) is 5.75 Å². The zero-order valence-corrected chi connectivity index (χ0v) is 17.5. The molecule has 0 unspecified atom stereocenters. The molecule has 0 aromatic heterocycles. The van der Waals surface area contributed by atoms with E-state index in [1.165, 1.54) is 0 Å². The zero-order valence-electron chi connectivity index (χ0n) is 17.5. The van der Waals surface area contributed by atoms with Crippen molar-refractivity contribution >= 4 is 11.8 Å². The van der Waals surface area contributed by atoms with Gasteiger partial charge in [-0.3, -0.25) is 9.59 Å². The number of carbonyl (C=O) groups is 2. The first-order valence-corrected chi connectivity index (χ1v) is 10.3. The molecule has 3 rings (SSSR count). The molecule has 0 bridgehead atoms. The normalized spacial score (nSPS) is 16.6. The number of piperidine rings is 1. The molecule has 2 aromatic carbocycles. The number of hydrogen-bond acceptors (Lipinski definition) is 3. The summed E-state index contributed by atoms with van der Waals surface area (Å²) in [5.74, 6) is 1.06. The molecule has 1 aliphatic rings. The quantitative estimate of drug-likeness (QED) is 0.804. The van der Waals surface area contributed by atoms with E-state index >= 15 is 0 Å².